The van der Waals surface area contributed by atoms with Gasteiger partial charge in [0.1, 0.15) is 46.3 Å². The maximum Gasteiger partial charge on any atom is 0.435 e. The number of carbonyl (C=O) groups excluding carboxylic acids is 4. The molecule has 0 aliphatic heterocycles. The van der Waals surface area contributed by atoms with Gasteiger partial charge in [-0.2, -0.15) is 36.5 Å². The number of allylic oxidation sites excluding steroid dienone is 4. The van der Waals surface area contributed by atoms with Crippen molar-refractivity contribution >= 4 is 34.3 Å². The highest BCUT2D eigenvalue weighted by Crippen LogP contribution is 2.45. The third-order valence-electron chi connectivity index (χ3n) is 28.5. The van der Waals surface area contributed by atoms with E-state index in [2.05, 4.69) is 69.6 Å². The summed E-state index contributed by atoms with van der Waals surface area (Å²) < 4.78 is 141. The number of pyridine rings is 4. The molecule has 16 aromatic rings. The average Bonchev–Trinajstić information content (AvgIpc) is 1.63. The lowest BCUT2D eigenvalue weighted by Gasteiger charge is -2.21. The van der Waals surface area contributed by atoms with Gasteiger partial charge in [-0.25, -0.2) is 17.6 Å². The van der Waals surface area contributed by atoms with Crippen LogP contribution in [0.25, 0.3) is 55.7 Å². The molecule has 4 unspecified atom stereocenters. The minimum absolute atomic E-state index is 0.00528. The second kappa shape index (κ2) is 48.1. The van der Waals surface area contributed by atoms with Gasteiger partial charge in [0, 0.05) is 144 Å². The Bertz CT molecular complexity index is 7620. The van der Waals surface area contributed by atoms with Crippen LogP contribution in [-0.4, -0.2) is 72.8 Å². The van der Waals surface area contributed by atoms with Gasteiger partial charge in [-0.1, -0.05) is 206 Å². The predicted molar refractivity (Wildman–Crippen MR) is 564 cm³/mol. The van der Waals surface area contributed by atoms with Crippen LogP contribution in [0.5, 0.6) is 11.5 Å². The molecule has 4 aliphatic carbocycles. The molecule has 0 saturated heterocycles. The normalized spacial score (nSPS) is 13.7. The zero-order valence-electron chi connectivity index (χ0n) is 83.8. The predicted octanol–water partition coefficient (Wildman–Crippen LogP) is 29.0. The van der Waals surface area contributed by atoms with Crippen LogP contribution >= 0.6 is 0 Å². The number of hydrogen-bond donors (Lipinski definition) is 2. The lowest BCUT2D eigenvalue weighted by molar-refractivity contribution is -0.143. The molecule has 20 rings (SSSR count). The van der Waals surface area contributed by atoms with E-state index in [0.717, 1.165) is 161 Å². The highest BCUT2D eigenvalue weighted by Gasteiger charge is 2.42. The zero-order chi connectivity index (χ0) is 105. The Morgan fingerprint density at radius 2 is 0.593 bits per heavy atom. The Morgan fingerprint density at radius 3 is 0.900 bits per heavy atom. The zero-order valence-corrected chi connectivity index (χ0v) is 83.8. The lowest BCUT2D eigenvalue weighted by atomic mass is 9.85. The van der Waals surface area contributed by atoms with E-state index in [1.807, 2.05) is 209 Å². The summed E-state index contributed by atoms with van der Waals surface area (Å²) in [5, 5.41) is 27.6. The summed E-state index contributed by atoms with van der Waals surface area (Å²) in [6, 6.07) is 85.2. The molecule has 0 fully saturated rings. The molecule has 0 spiro atoms. The molecule has 0 amide bonds. The second-order valence-corrected chi connectivity index (χ2v) is 39.3. The number of phenols is 2. The summed E-state index contributed by atoms with van der Waals surface area (Å²) in [5.41, 5.74) is 24.2. The number of aromatic hydroxyl groups is 2. The first-order valence-corrected chi connectivity index (χ1v) is 50.8. The summed E-state index contributed by atoms with van der Waals surface area (Å²) in [7, 11) is 0. The summed E-state index contributed by atoms with van der Waals surface area (Å²) in [5.74, 6) is -3.89. The van der Waals surface area contributed by atoms with E-state index in [9.17, 15) is 73.3 Å². The van der Waals surface area contributed by atoms with Crippen molar-refractivity contribution in [2.75, 3.05) is 0 Å². The summed E-state index contributed by atoms with van der Waals surface area (Å²) in [6.07, 6.45) is 10.8. The maximum absolute atomic E-state index is 14.1. The van der Waals surface area contributed by atoms with Crippen LogP contribution in [0.15, 0.2) is 316 Å². The number of Topliss-reactive ketones (excluding diaryl/α,β-unsaturated/α-hetero) is 4. The number of hydrogen-bond acceptors (Lipinski definition) is 12. The molecule has 0 saturated carbocycles. The SMILES string of the molecule is Cc1ccccc1-c1cccnc1C(CC(=O)CC1=CCc2ccc(O)cc21)Cc1cc(F)cc(F)c1.Cc1ccccc1-c1cccnc1C(CC(=O)CC1=CCc2ccc(O)cc21)Cc1ccccc1.Cc1ccccc1-c1cccnc1C(CC(=O)Cn1nc(C(F)(F)F)c2c1CCCC2)Cc1cc(F)cc(F)c1.Cc1ccccc1-c1cccnc1C(CC(=O)Cn1nc(C(F)(F)F)c2c1CCCC2)Cc1ccccc1. The van der Waals surface area contributed by atoms with Gasteiger partial charge in [-0.15, -0.1) is 0 Å². The van der Waals surface area contributed by atoms with E-state index >= 15 is 0 Å². The molecular formula is C126H114F10N8O6. The first-order chi connectivity index (χ1) is 72.4. The number of nitrogens with zero attached hydrogens (tertiary/aromatic N) is 8. The van der Waals surface area contributed by atoms with Gasteiger partial charge in [-0.3, -0.25) is 48.5 Å². The molecule has 4 aliphatic rings. The molecule has 0 bridgehead atoms. The minimum Gasteiger partial charge on any atom is -0.508 e. The van der Waals surface area contributed by atoms with Gasteiger partial charge < -0.3 is 10.2 Å². The first kappa shape index (κ1) is 106. The van der Waals surface area contributed by atoms with Crippen molar-refractivity contribution in [1.82, 2.24) is 39.5 Å². The Balaban J connectivity index is 0.000000136. The molecular weight excluding hydrogens is 1910 g/mol. The quantitative estimate of drug-likeness (QED) is 0.0379. The fourth-order valence-electron chi connectivity index (χ4n) is 21.6. The van der Waals surface area contributed by atoms with E-state index in [0.29, 0.717) is 79.6 Å². The Kier molecular flexibility index (Phi) is 33.8. The minimum atomic E-state index is -4.60. The van der Waals surface area contributed by atoms with E-state index in [-0.39, 0.29) is 122 Å². The van der Waals surface area contributed by atoms with Crippen molar-refractivity contribution in [3.8, 4) is 56.0 Å². The van der Waals surface area contributed by atoms with Crippen molar-refractivity contribution in [3.63, 3.8) is 0 Å². The molecule has 6 aromatic heterocycles. The number of rotatable bonds is 32. The van der Waals surface area contributed by atoms with Crippen LogP contribution in [0.3, 0.4) is 0 Å². The number of aryl methyl sites for hydroxylation is 4. The standard InChI is InChI=1S/C32H27F2NO2.C32H29NO2.C31H28F5N3O.C31H30F3N3O/c1-20-5-2-3-6-29(20)30-7-4-12-35-32(30)24(13-21-14-25(33)18-26(34)15-21)17-28(37)16-23-9-8-22-10-11-27(36)19-31(22)23;1-22-8-5-6-11-29(22)30-12-7-17-33-32(30)26(18-23-9-3-2-4-10-23)20-28(35)19-25-14-13-24-15-16-27(34)21-31(24)25;1-19-7-2-3-8-25(19)26-10-6-12-37-29(26)21(13-20-14-22(32)17-23(33)15-20)16-24(40)18-39-28-11-5-4-9-27(28)30(38-39)31(34,35)36;1-21-10-5-6-13-25(21)26-15-9-17-35-29(26)23(18-22-11-3-2-4-12-22)19-24(38)20-37-28-16-8-7-14-27(28)30(36-37)31(32,33)34/h2-7,9-12,14-15,18-19,24,36H,8,13,16-17H2,1H3;2-12,14-17,21,26,34H,13,18-20H2,1H3;2-3,6-8,10,12,14-15,17,21H,4-5,9,11,13,16,18H2,1H3;2-6,9-13,15,17,23H,7-8,14,16,18-20H2,1H3. The number of alkyl halides is 6. The largest absolute Gasteiger partial charge is 0.508 e. The molecule has 6 heterocycles. The molecule has 764 valence electrons. The Hall–Kier alpha value is -15.7. The van der Waals surface area contributed by atoms with Gasteiger partial charge in [-0.05, 0) is 291 Å². The number of carbonyl (C=O) groups is 4. The molecule has 0 radical (unpaired) electrons. The van der Waals surface area contributed by atoms with E-state index in [1.54, 1.807) is 48.9 Å². The first-order valence-electron chi connectivity index (χ1n) is 50.8. The highest BCUT2D eigenvalue weighted by molar-refractivity contribution is 5.94. The van der Waals surface area contributed by atoms with Crippen molar-refractivity contribution < 1.29 is 73.3 Å². The summed E-state index contributed by atoms with van der Waals surface area (Å²) in [4.78, 5) is 72.7. The molecule has 4 atom stereocenters. The number of aromatic nitrogens is 8. The van der Waals surface area contributed by atoms with Gasteiger partial charge in [0.25, 0.3) is 0 Å². The maximum atomic E-state index is 14.1. The van der Waals surface area contributed by atoms with Gasteiger partial charge in [0.05, 0.1) is 35.9 Å². The van der Waals surface area contributed by atoms with Crippen LogP contribution in [0.1, 0.15) is 211 Å². The number of fused-ring (bicyclic) bond motifs is 4. The van der Waals surface area contributed by atoms with E-state index in [4.69, 9.17) is 9.97 Å². The topological polar surface area (TPSA) is 196 Å². The van der Waals surface area contributed by atoms with Crippen molar-refractivity contribution in [1.29, 1.82) is 0 Å². The van der Waals surface area contributed by atoms with Gasteiger partial charge in [0.15, 0.2) is 23.0 Å². The average molecular weight is 2030 g/mol. The molecule has 2 N–H and O–H groups in total. The fraction of sp³-hybridized carbons (Fsp3) is 0.254. The number of benzene rings is 10. The number of ketones is 4. The van der Waals surface area contributed by atoms with Crippen molar-refractivity contribution in [2.24, 2.45) is 0 Å². The van der Waals surface area contributed by atoms with Crippen LogP contribution in [0.4, 0.5) is 43.9 Å². The lowest BCUT2D eigenvalue weighted by Crippen LogP contribution is -2.19. The summed E-state index contributed by atoms with van der Waals surface area (Å²) in [6.45, 7) is 7.64. The number of phenolic OH excluding ortho intramolecular Hbond substituents is 2. The van der Waals surface area contributed by atoms with Crippen LogP contribution in [0, 0.1) is 51.0 Å². The monoisotopic (exact) mass is 2020 g/mol. The van der Waals surface area contributed by atoms with Crippen LogP contribution in [0.2, 0.25) is 0 Å². The molecule has 150 heavy (non-hydrogen) atoms. The third kappa shape index (κ3) is 26.3. The third-order valence-corrected chi connectivity index (χ3v) is 28.5. The molecule has 10 aromatic carbocycles. The van der Waals surface area contributed by atoms with Gasteiger partial charge >= 0.3 is 12.4 Å². The van der Waals surface area contributed by atoms with E-state index in [1.165, 1.54) is 44.8 Å². The van der Waals surface area contributed by atoms with Crippen molar-refractivity contribution in [2.45, 2.75) is 205 Å². The Labute approximate surface area is 865 Å². The van der Waals surface area contributed by atoms with Crippen LogP contribution in [-0.2, 0) is 109 Å². The van der Waals surface area contributed by atoms with Gasteiger partial charge in [0.2, 0.25) is 0 Å². The van der Waals surface area contributed by atoms with Crippen molar-refractivity contribution in [3.05, 3.63) is 463 Å². The number of halogens is 10. The van der Waals surface area contributed by atoms with E-state index < -0.39 is 52.9 Å². The second-order valence-electron chi connectivity index (χ2n) is 39.3. The Morgan fingerprint density at radius 1 is 0.313 bits per heavy atom. The summed E-state index contributed by atoms with van der Waals surface area (Å²) >= 11 is 0. The fourth-order valence-corrected chi connectivity index (χ4v) is 21.6. The highest BCUT2D eigenvalue weighted by atomic mass is 19.4. The molecule has 24 heteroatoms. The van der Waals surface area contributed by atoms with Crippen LogP contribution < -0.4 is 0 Å². The smallest absolute Gasteiger partial charge is 0.435 e. The molecule has 14 nitrogen and oxygen atoms in total.